The van der Waals surface area contributed by atoms with Gasteiger partial charge >= 0.3 is 6.09 Å². The number of carbonyl (C=O) groups is 2. The van der Waals surface area contributed by atoms with Crippen molar-refractivity contribution in [1.82, 2.24) is 25.3 Å². The lowest BCUT2D eigenvalue weighted by Crippen LogP contribution is -2.33. The van der Waals surface area contributed by atoms with E-state index in [0.29, 0.717) is 72.0 Å². The van der Waals surface area contributed by atoms with Crippen LogP contribution in [0.3, 0.4) is 0 Å². The third-order valence-corrected chi connectivity index (χ3v) is 12.0. The van der Waals surface area contributed by atoms with Crippen LogP contribution in [0.1, 0.15) is 73.4 Å². The molecule has 0 radical (unpaired) electrons. The number of amides is 2. The first-order valence-corrected chi connectivity index (χ1v) is 19.6. The molecule has 3 atom stereocenters. The van der Waals surface area contributed by atoms with Crippen LogP contribution < -0.4 is 20.1 Å². The van der Waals surface area contributed by atoms with Gasteiger partial charge in [-0.1, -0.05) is 51.3 Å². The number of benzene rings is 3. The van der Waals surface area contributed by atoms with Crippen molar-refractivity contribution in [3.05, 3.63) is 119 Å². The first-order chi connectivity index (χ1) is 27.3. The topological polar surface area (TPSA) is 95.6 Å². The lowest BCUT2D eigenvalue weighted by molar-refractivity contribution is -0.118. The van der Waals surface area contributed by atoms with Crippen molar-refractivity contribution in [3.8, 4) is 22.6 Å². The lowest BCUT2D eigenvalue weighted by atomic mass is 9.92. The van der Waals surface area contributed by atoms with E-state index in [-0.39, 0.29) is 48.1 Å². The van der Waals surface area contributed by atoms with Gasteiger partial charge in [0.2, 0.25) is 13.2 Å². The zero-order chi connectivity index (χ0) is 40.2. The standard InChI is InChI=1S/C45H49F2N5O5/c1-26(2)37(20-49-28(4)40-8-7-13-51(40)24-53)31-10-12-36-35-11-9-30(14-38(35)45(46,47)39(36)15-31)27(3)19-48-29(5)41-18-34(23-50(41)6)57-44(54)52-21-32-16-42-43(56-25-55-42)17-33(32)22-52/h9-12,14-17,19-20,24,26,34,40-41,48-49H,4-5,7-8,13,18,21-23,25H2,1-3,6H3/b27-19+,37-20+/t34?,40?,41-/m0/s1. The Morgan fingerprint density at radius 2 is 1.54 bits per heavy atom. The van der Waals surface area contributed by atoms with Gasteiger partial charge in [-0.3, -0.25) is 14.6 Å². The molecule has 12 heteroatoms. The maximum Gasteiger partial charge on any atom is 0.410 e. The van der Waals surface area contributed by atoms with Crippen molar-refractivity contribution in [1.29, 1.82) is 0 Å². The number of likely N-dealkylation sites (N-methyl/N-ethyl adjacent to an activating group) is 1. The predicted octanol–water partition coefficient (Wildman–Crippen LogP) is 7.95. The Balaban J connectivity index is 0.901. The fourth-order valence-electron chi connectivity index (χ4n) is 8.75. The first kappa shape index (κ1) is 38.3. The second-order valence-corrected chi connectivity index (χ2v) is 16.0. The van der Waals surface area contributed by atoms with Crippen LogP contribution in [0.4, 0.5) is 13.6 Å². The van der Waals surface area contributed by atoms with Gasteiger partial charge in [-0.25, -0.2) is 4.79 Å². The highest BCUT2D eigenvalue weighted by atomic mass is 19.3. The molecule has 0 bridgehead atoms. The number of fused-ring (bicyclic) bond motifs is 5. The fraction of sp³-hybridized carbons (Fsp3) is 0.378. The van der Waals surface area contributed by atoms with Gasteiger partial charge in [-0.2, -0.15) is 8.78 Å². The molecule has 1 aliphatic carbocycles. The number of allylic oxidation sites excluding steroid dienone is 2. The molecule has 0 spiro atoms. The summed E-state index contributed by atoms with van der Waals surface area (Å²) in [5.41, 5.74) is 7.51. The van der Waals surface area contributed by atoms with Crippen LogP contribution in [0.5, 0.6) is 11.5 Å². The van der Waals surface area contributed by atoms with Gasteiger partial charge in [0, 0.05) is 67.5 Å². The van der Waals surface area contributed by atoms with Gasteiger partial charge in [0.1, 0.15) is 6.10 Å². The number of halogens is 2. The van der Waals surface area contributed by atoms with Crippen molar-refractivity contribution in [2.24, 2.45) is 5.92 Å². The van der Waals surface area contributed by atoms with E-state index in [9.17, 15) is 9.59 Å². The number of nitrogens with one attached hydrogen (secondary N) is 2. The first-order valence-electron chi connectivity index (χ1n) is 19.6. The molecule has 8 rings (SSSR count). The second kappa shape index (κ2) is 15.0. The van der Waals surface area contributed by atoms with Crippen LogP contribution in [0.15, 0.2) is 85.5 Å². The molecular weight excluding hydrogens is 729 g/mol. The molecule has 4 heterocycles. The quantitative estimate of drug-likeness (QED) is 0.190. The van der Waals surface area contributed by atoms with E-state index >= 15 is 8.78 Å². The molecule has 5 aliphatic rings. The van der Waals surface area contributed by atoms with Crippen LogP contribution in [-0.4, -0.2) is 72.3 Å². The van der Waals surface area contributed by atoms with Crippen molar-refractivity contribution < 1.29 is 32.6 Å². The predicted molar refractivity (Wildman–Crippen MR) is 215 cm³/mol. The number of ether oxygens (including phenoxy) is 3. The largest absolute Gasteiger partial charge is 0.454 e. The third kappa shape index (κ3) is 7.15. The van der Waals surface area contributed by atoms with E-state index in [0.717, 1.165) is 47.2 Å². The van der Waals surface area contributed by atoms with E-state index in [2.05, 4.69) is 28.7 Å². The minimum absolute atomic E-state index is 0.0186. The summed E-state index contributed by atoms with van der Waals surface area (Å²) >= 11 is 0. The molecule has 0 saturated carbocycles. The average Bonchev–Trinajstić information content (AvgIpc) is 4.03. The zero-order valence-electron chi connectivity index (χ0n) is 32.9. The summed E-state index contributed by atoms with van der Waals surface area (Å²) in [6.07, 6.45) is 6.13. The Labute approximate surface area is 332 Å². The molecule has 57 heavy (non-hydrogen) atoms. The Kier molecular flexibility index (Phi) is 10.1. The summed E-state index contributed by atoms with van der Waals surface area (Å²) in [6.45, 7) is 16.7. The van der Waals surface area contributed by atoms with E-state index in [4.69, 9.17) is 14.2 Å². The molecule has 2 unspecified atom stereocenters. The van der Waals surface area contributed by atoms with Gasteiger partial charge in [0.05, 0.1) is 12.1 Å². The van der Waals surface area contributed by atoms with Gasteiger partial charge < -0.3 is 29.7 Å². The van der Waals surface area contributed by atoms with E-state index in [1.165, 1.54) is 0 Å². The molecule has 2 saturated heterocycles. The highest BCUT2D eigenvalue weighted by Gasteiger charge is 2.45. The van der Waals surface area contributed by atoms with Gasteiger partial charge in [0.25, 0.3) is 5.92 Å². The average molecular weight is 778 g/mol. The molecule has 298 valence electrons. The fourth-order valence-corrected chi connectivity index (χ4v) is 8.75. The molecule has 2 amide bonds. The number of hydrogen-bond donors (Lipinski definition) is 2. The Morgan fingerprint density at radius 1 is 0.930 bits per heavy atom. The maximum absolute atomic E-state index is 16.3. The van der Waals surface area contributed by atoms with Crippen LogP contribution in [0, 0.1) is 5.92 Å². The lowest BCUT2D eigenvalue weighted by Gasteiger charge is -2.23. The Hall–Kier alpha value is -5.62. The number of alkyl halides is 2. The second-order valence-electron chi connectivity index (χ2n) is 16.0. The minimum atomic E-state index is -3.19. The molecule has 4 aliphatic heterocycles. The molecule has 2 fully saturated rings. The van der Waals surface area contributed by atoms with Crippen LogP contribution in [0.25, 0.3) is 22.3 Å². The van der Waals surface area contributed by atoms with Gasteiger partial charge in [0.15, 0.2) is 11.5 Å². The van der Waals surface area contributed by atoms with Crippen LogP contribution in [-0.2, 0) is 28.5 Å². The van der Waals surface area contributed by atoms with Crippen molar-refractivity contribution in [3.63, 3.8) is 0 Å². The van der Waals surface area contributed by atoms with Crippen LogP contribution >= 0.6 is 0 Å². The van der Waals surface area contributed by atoms with Crippen molar-refractivity contribution >= 4 is 23.6 Å². The summed E-state index contributed by atoms with van der Waals surface area (Å²) in [5, 5.41) is 6.57. The molecule has 0 aromatic heterocycles. The van der Waals surface area contributed by atoms with Gasteiger partial charge in [-0.05, 0) is 102 Å². The number of carbonyl (C=O) groups excluding carboxylic acids is 2. The molecule has 2 N–H and O–H groups in total. The molecule has 10 nitrogen and oxygen atoms in total. The van der Waals surface area contributed by atoms with E-state index < -0.39 is 5.92 Å². The summed E-state index contributed by atoms with van der Waals surface area (Å²) < 4.78 is 49.6. The number of nitrogens with zero attached hydrogens (tertiary/aromatic N) is 3. The van der Waals surface area contributed by atoms with E-state index in [1.807, 2.05) is 58.3 Å². The summed E-state index contributed by atoms with van der Waals surface area (Å²) in [7, 11) is 1.97. The summed E-state index contributed by atoms with van der Waals surface area (Å²) in [4.78, 5) is 30.2. The van der Waals surface area contributed by atoms with Gasteiger partial charge in [-0.15, -0.1) is 0 Å². The number of likely N-dealkylation sites (tertiary alicyclic amines) is 2. The maximum atomic E-state index is 16.3. The Bertz CT molecular complexity index is 2180. The minimum Gasteiger partial charge on any atom is -0.454 e. The smallest absolute Gasteiger partial charge is 0.410 e. The van der Waals surface area contributed by atoms with Crippen molar-refractivity contribution in [2.75, 3.05) is 26.9 Å². The van der Waals surface area contributed by atoms with E-state index in [1.54, 1.807) is 40.3 Å². The number of rotatable bonds is 11. The van der Waals surface area contributed by atoms with Crippen LogP contribution in [0.2, 0.25) is 0 Å². The summed E-state index contributed by atoms with van der Waals surface area (Å²) in [5.74, 6) is -1.76. The van der Waals surface area contributed by atoms with Crippen molar-refractivity contribution in [2.45, 2.75) is 77.2 Å². The number of hydrogen-bond acceptors (Lipinski definition) is 8. The normalized spacial score (nSPS) is 22.1. The molecule has 3 aromatic rings. The monoisotopic (exact) mass is 777 g/mol. The SMILES string of the molecule is C=C(N/C=C(/c1ccc2c(c1)C(F)(F)c1cc(/C(C)=C/NC(=C)[C@@H]3CC(OC(=O)N4Cc5cc6c(cc5C4)OCO6)CN3C)ccc1-2)C(C)C)C1CCCN1C=O. The highest BCUT2D eigenvalue weighted by Crippen LogP contribution is 2.52. The third-order valence-electron chi connectivity index (χ3n) is 12.0. The molecule has 3 aromatic carbocycles. The summed E-state index contributed by atoms with van der Waals surface area (Å²) in [6, 6.07) is 14.2. The Morgan fingerprint density at radius 3 is 2.19 bits per heavy atom. The highest BCUT2D eigenvalue weighted by molar-refractivity contribution is 5.84. The molecular formula is C45H49F2N5O5. The zero-order valence-corrected chi connectivity index (χ0v) is 32.9.